The summed E-state index contributed by atoms with van der Waals surface area (Å²) in [6.45, 7) is 3.92. The van der Waals surface area contributed by atoms with Crippen molar-refractivity contribution in [2.45, 2.75) is 39.5 Å². The van der Waals surface area contributed by atoms with E-state index in [1.165, 1.54) is 0 Å². The summed E-state index contributed by atoms with van der Waals surface area (Å²) in [5.41, 5.74) is 0. The normalized spacial score (nSPS) is 10.6. The van der Waals surface area contributed by atoms with Gasteiger partial charge in [0, 0.05) is 12.8 Å². The average molecular weight is 140 g/mol. The smallest absolute Gasteiger partial charge is 0.132 e. The fraction of sp³-hybridized carbons (Fsp3) is 0.667. The molecule has 58 valence electrons. The Bertz CT molecular complexity index is 114. The highest BCUT2D eigenvalue weighted by atomic mass is 16.1. The van der Waals surface area contributed by atoms with Gasteiger partial charge in [-0.2, -0.15) is 0 Å². The monoisotopic (exact) mass is 140 g/mol. The Kier molecular flexibility index (Phi) is 6.14. The molecule has 0 amide bonds. The van der Waals surface area contributed by atoms with Crippen molar-refractivity contribution in [3.8, 4) is 0 Å². The van der Waals surface area contributed by atoms with E-state index < -0.39 is 0 Å². The Morgan fingerprint density at radius 1 is 1.50 bits per heavy atom. The number of unbranched alkanes of at least 4 members (excludes halogenated alkanes) is 1. The lowest BCUT2D eigenvalue weighted by atomic mass is 10.1. The molecular formula is C9H16O. The Morgan fingerprint density at radius 2 is 2.20 bits per heavy atom. The van der Waals surface area contributed by atoms with Crippen LogP contribution in [0, 0.1) is 0 Å². The summed E-state index contributed by atoms with van der Waals surface area (Å²) < 4.78 is 0. The number of carbonyl (C=O) groups is 1. The van der Waals surface area contributed by atoms with Crippen molar-refractivity contribution in [2.24, 2.45) is 0 Å². The third-order valence-electron chi connectivity index (χ3n) is 1.46. The molecule has 1 heteroatoms. The van der Waals surface area contributed by atoms with Gasteiger partial charge in [0.05, 0.1) is 0 Å². The summed E-state index contributed by atoms with van der Waals surface area (Å²) in [6, 6.07) is 0. The maximum atomic E-state index is 10.8. The molecule has 1 nitrogen and oxygen atoms in total. The second-order valence-electron chi connectivity index (χ2n) is 2.35. The van der Waals surface area contributed by atoms with E-state index in [2.05, 4.69) is 6.08 Å². The molecule has 10 heavy (non-hydrogen) atoms. The quantitative estimate of drug-likeness (QED) is 0.424. The van der Waals surface area contributed by atoms with Gasteiger partial charge in [0.1, 0.15) is 5.78 Å². The van der Waals surface area contributed by atoms with Gasteiger partial charge in [-0.25, -0.2) is 0 Å². The first-order valence-corrected chi connectivity index (χ1v) is 3.94. The van der Waals surface area contributed by atoms with E-state index in [9.17, 15) is 4.79 Å². The van der Waals surface area contributed by atoms with Gasteiger partial charge in [-0.05, 0) is 19.8 Å². The van der Waals surface area contributed by atoms with Crippen molar-refractivity contribution >= 4 is 5.78 Å². The van der Waals surface area contributed by atoms with Crippen LogP contribution < -0.4 is 0 Å². The van der Waals surface area contributed by atoms with Crippen molar-refractivity contribution in [1.82, 2.24) is 0 Å². The number of carbonyl (C=O) groups excluding carboxylic acids is 1. The molecule has 0 aromatic carbocycles. The first-order valence-electron chi connectivity index (χ1n) is 3.94. The molecule has 0 heterocycles. The Hall–Kier alpha value is -0.590. The van der Waals surface area contributed by atoms with Crippen LogP contribution in [-0.2, 0) is 4.79 Å². The third kappa shape index (κ3) is 5.54. The van der Waals surface area contributed by atoms with Gasteiger partial charge in [-0.1, -0.05) is 19.1 Å². The molecule has 0 aromatic heterocycles. The molecule has 0 rings (SSSR count). The van der Waals surface area contributed by atoms with Gasteiger partial charge < -0.3 is 0 Å². The minimum atomic E-state index is 0.379. The molecule has 0 radical (unpaired) electrons. The highest BCUT2D eigenvalue weighted by Crippen LogP contribution is 1.99. The molecule has 0 fully saturated rings. The first-order chi connectivity index (χ1) is 4.81. The second kappa shape index (κ2) is 6.53. The van der Waals surface area contributed by atoms with Gasteiger partial charge in [0.15, 0.2) is 0 Å². The topological polar surface area (TPSA) is 17.1 Å². The predicted octanol–water partition coefficient (Wildman–Crippen LogP) is 2.71. The molecule has 0 spiro atoms. The number of allylic oxidation sites excluding steroid dienone is 2. The lowest BCUT2D eigenvalue weighted by Crippen LogP contribution is -1.93. The minimum Gasteiger partial charge on any atom is -0.300 e. The molecule has 0 bridgehead atoms. The molecule has 0 saturated heterocycles. The van der Waals surface area contributed by atoms with Crippen molar-refractivity contribution < 1.29 is 4.79 Å². The number of ketones is 1. The molecule has 0 N–H and O–H groups in total. The molecule has 0 unspecified atom stereocenters. The molecule has 0 aliphatic rings. The average Bonchev–Trinajstić information content (AvgIpc) is 1.98. The maximum absolute atomic E-state index is 10.8. The van der Waals surface area contributed by atoms with E-state index in [1.807, 2.05) is 19.9 Å². The van der Waals surface area contributed by atoms with Gasteiger partial charge in [-0.15, -0.1) is 0 Å². The summed E-state index contributed by atoms with van der Waals surface area (Å²) in [4.78, 5) is 10.8. The Morgan fingerprint density at radius 3 is 2.70 bits per heavy atom. The number of hydrogen-bond acceptors (Lipinski definition) is 1. The van der Waals surface area contributed by atoms with Crippen LogP contribution in [0.15, 0.2) is 12.2 Å². The number of Topliss-reactive ketones (excluding diaryl/α,β-unsaturated/α-hetero) is 1. The van der Waals surface area contributed by atoms with E-state index in [0.29, 0.717) is 12.2 Å². The van der Waals surface area contributed by atoms with E-state index >= 15 is 0 Å². The van der Waals surface area contributed by atoms with E-state index in [1.54, 1.807) is 0 Å². The fourth-order valence-corrected chi connectivity index (χ4v) is 0.761. The van der Waals surface area contributed by atoms with Crippen molar-refractivity contribution in [1.29, 1.82) is 0 Å². The van der Waals surface area contributed by atoms with Crippen LogP contribution >= 0.6 is 0 Å². The first kappa shape index (κ1) is 9.41. The summed E-state index contributed by atoms with van der Waals surface area (Å²) in [7, 11) is 0. The van der Waals surface area contributed by atoms with E-state index in [-0.39, 0.29) is 0 Å². The number of hydrogen-bond donors (Lipinski definition) is 0. The largest absolute Gasteiger partial charge is 0.300 e. The van der Waals surface area contributed by atoms with Crippen molar-refractivity contribution in [2.75, 3.05) is 0 Å². The lowest BCUT2D eigenvalue weighted by molar-refractivity contribution is -0.118. The predicted molar refractivity (Wildman–Crippen MR) is 44.0 cm³/mol. The molecule has 0 aliphatic carbocycles. The summed E-state index contributed by atoms with van der Waals surface area (Å²) >= 11 is 0. The van der Waals surface area contributed by atoms with Crippen molar-refractivity contribution in [3.05, 3.63) is 12.2 Å². The lowest BCUT2D eigenvalue weighted by Gasteiger charge is -1.92. The third-order valence-corrected chi connectivity index (χ3v) is 1.46. The van der Waals surface area contributed by atoms with E-state index in [0.717, 1.165) is 19.3 Å². The zero-order valence-electron chi connectivity index (χ0n) is 6.89. The zero-order chi connectivity index (χ0) is 7.82. The maximum Gasteiger partial charge on any atom is 0.132 e. The molecule has 0 aromatic rings. The van der Waals surface area contributed by atoms with Crippen LogP contribution in [0.5, 0.6) is 0 Å². The van der Waals surface area contributed by atoms with Crippen LogP contribution in [0.25, 0.3) is 0 Å². The summed E-state index contributed by atoms with van der Waals surface area (Å²) in [5, 5.41) is 0. The van der Waals surface area contributed by atoms with Crippen LogP contribution in [0.3, 0.4) is 0 Å². The van der Waals surface area contributed by atoms with Gasteiger partial charge in [0.2, 0.25) is 0 Å². The molecule has 0 saturated carbocycles. The van der Waals surface area contributed by atoms with Gasteiger partial charge >= 0.3 is 0 Å². The Balaban J connectivity index is 3.11. The number of rotatable bonds is 5. The van der Waals surface area contributed by atoms with Gasteiger partial charge in [0.25, 0.3) is 0 Å². The standard InChI is InChI=1S/C9H16O/c1-3-5-6-7-8-9(10)4-2/h3,5H,4,6-8H2,1-2H3/b5-3-. The molecule has 0 aliphatic heterocycles. The zero-order valence-corrected chi connectivity index (χ0v) is 6.89. The fourth-order valence-electron chi connectivity index (χ4n) is 0.761. The van der Waals surface area contributed by atoms with Crippen LogP contribution in [0.4, 0.5) is 0 Å². The minimum absolute atomic E-state index is 0.379. The van der Waals surface area contributed by atoms with Crippen molar-refractivity contribution in [3.63, 3.8) is 0 Å². The SMILES string of the molecule is C/C=C\CCCC(=O)CC. The molecule has 0 atom stereocenters. The highest BCUT2D eigenvalue weighted by molar-refractivity contribution is 5.77. The van der Waals surface area contributed by atoms with Gasteiger partial charge in [-0.3, -0.25) is 4.79 Å². The molecular weight excluding hydrogens is 124 g/mol. The summed E-state index contributed by atoms with van der Waals surface area (Å²) in [6.07, 6.45) is 7.62. The summed E-state index contributed by atoms with van der Waals surface area (Å²) in [5.74, 6) is 0.379. The second-order valence-corrected chi connectivity index (χ2v) is 2.35. The highest BCUT2D eigenvalue weighted by Gasteiger charge is 1.94. The van der Waals surface area contributed by atoms with Crippen LogP contribution in [-0.4, -0.2) is 5.78 Å². The Labute approximate surface area is 63.1 Å². The van der Waals surface area contributed by atoms with E-state index in [4.69, 9.17) is 0 Å². The van der Waals surface area contributed by atoms with Crippen LogP contribution in [0.2, 0.25) is 0 Å². The van der Waals surface area contributed by atoms with Crippen LogP contribution in [0.1, 0.15) is 39.5 Å².